The van der Waals surface area contributed by atoms with Gasteiger partial charge >= 0.3 is 6.18 Å². The Morgan fingerprint density at radius 1 is 1.02 bits per heavy atom. The Hall–Kier alpha value is -4.29. The van der Waals surface area contributed by atoms with Crippen LogP contribution in [0.3, 0.4) is 0 Å². The average molecular weight is 653 g/mol. The van der Waals surface area contributed by atoms with Gasteiger partial charge in [-0.25, -0.2) is 9.97 Å². The number of imide groups is 1. The molecule has 4 heterocycles. The van der Waals surface area contributed by atoms with E-state index in [1.807, 2.05) is 12.1 Å². The van der Waals surface area contributed by atoms with E-state index < -0.39 is 23.7 Å². The summed E-state index contributed by atoms with van der Waals surface area (Å²) >= 11 is 6.04. The molecule has 2 saturated heterocycles. The molecule has 1 atom stereocenters. The second kappa shape index (κ2) is 12.8. The number of anilines is 1. The smallest absolute Gasteiger partial charge is 0.356 e. The number of pyridine rings is 1. The van der Waals surface area contributed by atoms with E-state index >= 15 is 0 Å². The summed E-state index contributed by atoms with van der Waals surface area (Å²) < 4.78 is 43.7. The number of nitrogens with one attached hydrogen (secondary N) is 2. The highest BCUT2D eigenvalue weighted by molar-refractivity contribution is 6.30. The van der Waals surface area contributed by atoms with Gasteiger partial charge in [0.15, 0.2) is 0 Å². The standard InChI is InChI=1S/C33H32ClF3N6O3/c1-19-40-27-13-21(5-6-25(27)32(46)43(19)28-7-8-29(44)41-31(28)45)17-38-16-20-9-11-42(12-10-20)30-26(33(35,36)37)15-23(18-39-30)22-3-2-4-24(34)14-22/h2-6,13-15,18,20,28,38H,7-12,16-17H2,1H3,(H,41,44,45). The summed E-state index contributed by atoms with van der Waals surface area (Å²) in [6.45, 7) is 3.79. The van der Waals surface area contributed by atoms with Gasteiger partial charge in [-0.1, -0.05) is 29.8 Å². The topological polar surface area (TPSA) is 109 Å². The first-order valence-corrected chi connectivity index (χ1v) is 15.5. The Morgan fingerprint density at radius 2 is 1.80 bits per heavy atom. The Kier molecular flexibility index (Phi) is 8.84. The number of carbonyl (C=O) groups is 2. The monoisotopic (exact) mass is 652 g/mol. The van der Waals surface area contributed by atoms with Crippen LogP contribution in [0.15, 0.2) is 59.5 Å². The Bertz CT molecular complexity index is 1870. The summed E-state index contributed by atoms with van der Waals surface area (Å²) in [6, 6.07) is 12.4. The van der Waals surface area contributed by atoms with E-state index in [1.54, 1.807) is 42.2 Å². The normalized spacial score (nSPS) is 17.8. The van der Waals surface area contributed by atoms with E-state index in [1.165, 1.54) is 10.8 Å². The molecule has 240 valence electrons. The number of nitrogens with zero attached hydrogens (tertiary/aromatic N) is 4. The van der Waals surface area contributed by atoms with E-state index in [0.29, 0.717) is 71.9 Å². The van der Waals surface area contributed by atoms with Gasteiger partial charge in [0.1, 0.15) is 17.7 Å². The average Bonchev–Trinajstić information content (AvgIpc) is 3.01. The SMILES string of the molecule is Cc1nc2cc(CNCC3CCN(c4ncc(-c5cccc(Cl)c5)cc4C(F)(F)F)CC3)ccc2c(=O)n1C1CCC(=O)NC1=O. The van der Waals surface area contributed by atoms with Crippen molar-refractivity contribution in [2.75, 3.05) is 24.5 Å². The molecule has 2 amide bonds. The molecule has 4 aromatic rings. The fourth-order valence-corrected chi connectivity index (χ4v) is 6.46. The van der Waals surface area contributed by atoms with Crippen molar-refractivity contribution in [1.82, 2.24) is 25.2 Å². The molecule has 46 heavy (non-hydrogen) atoms. The zero-order valence-electron chi connectivity index (χ0n) is 25.0. The summed E-state index contributed by atoms with van der Waals surface area (Å²) in [5.74, 6) is -0.237. The van der Waals surface area contributed by atoms with Gasteiger partial charge in [-0.05, 0) is 80.1 Å². The lowest BCUT2D eigenvalue weighted by atomic mass is 9.96. The summed E-state index contributed by atoms with van der Waals surface area (Å²) in [4.78, 5) is 47.8. The third-order valence-electron chi connectivity index (χ3n) is 8.67. The number of carbonyl (C=O) groups excluding carboxylic acids is 2. The molecule has 2 fully saturated rings. The molecule has 2 aromatic carbocycles. The third kappa shape index (κ3) is 6.63. The van der Waals surface area contributed by atoms with Crippen molar-refractivity contribution in [3.05, 3.63) is 87.1 Å². The van der Waals surface area contributed by atoms with Crippen LogP contribution >= 0.6 is 11.6 Å². The first-order chi connectivity index (χ1) is 22.0. The first kappa shape index (κ1) is 31.7. The van der Waals surface area contributed by atoms with Crippen molar-refractivity contribution in [3.63, 3.8) is 0 Å². The fraction of sp³-hybridized carbons (Fsp3) is 0.364. The summed E-state index contributed by atoms with van der Waals surface area (Å²) in [6.07, 6.45) is -1.27. The number of hydrogen-bond acceptors (Lipinski definition) is 7. The van der Waals surface area contributed by atoms with E-state index in [0.717, 1.165) is 11.6 Å². The molecular weight excluding hydrogens is 621 g/mol. The number of benzene rings is 2. The Balaban J connectivity index is 1.07. The van der Waals surface area contributed by atoms with Gasteiger partial charge in [-0.15, -0.1) is 0 Å². The van der Waals surface area contributed by atoms with Crippen molar-refractivity contribution < 1.29 is 22.8 Å². The molecule has 2 aliphatic rings. The molecule has 13 heteroatoms. The minimum atomic E-state index is -4.55. The number of hydrogen-bond donors (Lipinski definition) is 2. The lowest BCUT2D eigenvalue weighted by molar-refractivity contribution is -0.138. The second-order valence-electron chi connectivity index (χ2n) is 11.8. The molecule has 0 bridgehead atoms. The number of alkyl halides is 3. The highest BCUT2D eigenvalue weighted by Gasteiger charge is 2.37. The van der Waals surface area contributed by atoms with Crippen LogP contribution < -0.4 is 21.1 Å². The molecule has 0 saturated carbocycles. The number of aromatic nitrogens is 3. The zero-order chi connectivity index (χ0) is 32.6. The number of rotatable bonds is 7. The molecule has 0 aliphatic carbocycles. The number of fused-ring (bicyclic) bond motifs is 1. The van der Waals surface area contributed by atoms with E-state index in [9.17, 15) is 27.6 Å². The van der Waals surface area contributed by atoms with Crippen molar-refractivity contribution >= 4 is 40.1 Å². The number of piperidine rings is 2. The summed E-state index contributed by atoms with van der Waals surface area (Å²) in [7, 11) is 0. The maximum absolute atomic E-state index is 14.1. The molecule has 6 rings (SSSR count). The largest absolute Gasteiger partial charge is 0.419 e. The van der Waals surface area contributed by atoms with Crippen LogP contribution in [0.1, 0.15) is 48.7 Å². The van der Waals surface area contributed by atoms with Gasteiger partial charge in [0.2, 0.25) is 11.8 Å². The number of aryl methyl sites for hydroxylation is 1. The fourth-order valence-electron chi connectivity index (χ4n) is 6.27. The van der Waals surface area contributed by atoms with Crippen molar-refractivity contribution in [2.45, 2.75) is 51.4 Å². The van der Waals surface area contributed by atoms with Gasteiger partial charge < -0.3 is 10.2 Å². The predicted octanol–water partition coefficient (Wildman–Crippen LogP) is 5.42. The van der Waals surface area contributed by atoms with Crippen molar-refractivity contribution in [1.29, 1.82) is 0 Å². The number of amides is 2. The van der Waals surface area contributed by atoms with Gasteiger partial charge in [-0.2, -0.15) is 13.2 Å². The van der Waals surface area contributed by atoms with Crippen LogP contribution in [0.2, 0.25) is 5.02 Å². The molecule has 2 N–H and O–H groups in total. The van der Waals surface area contributed by atoms with Gasteiger partial charge in [0.25, 0.3) is 5.56 Å². The highest BCUT2D eigenvalue weighted by atomic mass is 35.5. The van der Waals surface area contributed by atoms with Crippen LogP contribution in [-0.4, -0.2) is 46.0 Å². The van der Waals surface area contributed by atoms with Crippen LogP contribution in [0.25, 0.3) is 22.0 Å². The quantitative estimate of drug-likeness (QED) is 0.257. The number of halogens is 4. The summed E-state index contributed by atoms with van der Waals surface area (Å²) in [5, 5.41) is 6.55. The maximum atomic E-state index is 14.1. The lowest BCUT2D eigenvalue weighted by Gasteiger charge is -2.34. The zero-order valence-corrected chi connectivity index (χ0v) is 25.8. The van der Waals surface area contributed by atoms with Crippen LogP contribution in [0.5, 0.6) is 0 Å². The van der Waals surface area contributed by atoms with Crippen LogP contribution in [0.4, 0.5) is 19.0 Å². The van der Waals surface area contributed by atoms with E-state index in [-0.39, 0.29) is 36.0 Å². The highest BCUT2D eigenvalue weighted by Crippen LogP contribution is 2.39. The molecule has 9 nitrogen and oxygen atoms in total. The minimum Gasteiger partial charge on any atom is -0.356 e. The van der Waals surface area contributed by atoms with Gasteiger partial charge in [0.05, 0.1) is 16.5 Å². The molecule has 0 spiro atoms. The molecule has 0 radical (unpaired) electrons. The van der Waals surface area contributed by atoms with E-state index in [2.05, 4.69) is 20.6 Å². The molecule has 2 aromatic heterocycles. The predicted molar refractivity (Wildman–Crippen MR) is 168 cm³/mol. The van der Waals surface area contributed by atoms with E-state index in [4.69, 9.17) is 11.6 Å². The van der Waals surface area contributed by atoms with Crippen LogP contribution in [0, 0.1) is 12.8 Å². The van der Waals surface area contributed by atoms with Crippen LogP contribution in [-0.2, 0) is 22.3 Å². The Labute approximate surface area is 267 Å². The molecule has 1 unspecified atom stereocenters. The maximum Gasteiger partial charge on any atom is 0.419 e. The minimum absolute atomic E-state index is 0.0553. The second-order valence-corrected chi connectivity index (χ2v) is 12.3. The third-order valence-corrected chi connectivity index (χ3v) is 8.91. The van der Waals surface area contributed by atoms with Crippen molar-refractivity contribution in [3.8, 4) is 11.1 Å². The summed E-state index contributed by atoms with van der Waals surface area (Å²) in [5.41, 5.74) is 1.29. The molecular formula is C33H32ClF3N6O3. The van der Waals surface area contributed by atoms with Gasteiger partial charge in [-0.3, -0.25) is 24.3 Å². The Morgan fingerprint density at radius 3 is 2.52 bits per heavy atom. The lowest BCUT2D eigenvalue weighted by Crippen LogP contribution is -2.45. The molecule has 2 aliphatic heterocycles. The van der Waals surface area contributed by atoms with Gasteiger partial charge in [0, 0.05) is 42.8 Å². The first-order valence-electron chi connectivity index (χ1n) is 15.1. The van der Waals surface area contributed by atoms with Crippen molar-refractivity contribution in [2.24, 2.45) is 5.92 Å².